The molecule has 106 valence electrons. The van der Waals surface area contributed by atoms with Gasteiger partial charge >= 0.3 is 0 Å². The zero-order valence-corrected chi connectivity index (χ0v) is 11.6. The van der Waals surface area contributed by atoms with Crippen LogP contribution in [0.2, 0.25) is 0 Å². The predicted octanol–water partition coefficient (Wildman–Crippen LogP) is 1.67. The Labute approximate surface area is 118 Å². The maximum absolute atomic E-state index is 5.77. The van der Waals surface area contributed by atoms with Crippen molar-refractivity contribution in [2.75, 3.05) is 25.1 Å². The zero-order valence-electron chi connectivity index (χ0n) is 11.6. The standard InChI is InChI=1S/C14H19N5O/c1-18(11-13-9-5-6-10-20-13)14-15-16-17-19(14)12-7-3-2-4-8-12/h2-4,7-8,13H,5-6,9-11H2,1H3. The molecule has 1 fully saturated rings. The Bertz CT molecular complexity index is 536. The molecular weight excluding hydrogens is 254 g/mol. The summed E-state index contributed by atoms with van der Waals surface area (Å²) in [5.41, 5.74) is 0.962. The van der Waals surface area contributed by atoms with Crippen LogP contribution in [-0.2, 0) is 4.74 Å². The van der Waals surface area contributed by atoms with E-state index in [0.717, 1.165) is 31.2 Å². The number of hydrogen-bond acceptors (Lipinski definition) is 5. The molecule has 1 aliphatic heterocycles. The predicted molar refractivity (Wildman–Crippen MR) is 76.0 cm³/mol. The molecule has 1 aromatic carbocycles. The highest BCUT2D eigenvalue weighted by Gasteiger charge is 2.19. The van der Waals surface area contributed by atoms with Crippen molar-refractivity contribution in [1.29, 1.82) is 0 Å². The highest BCUT2D eigenvalue weighted by molar-refractivity contribution is 5.39. The Balaban J connectivity index is 1.75. The molecule has 1 saturated heterocycles. The number of benzene rings is 1. The lowest BCUT2D eigenvalue weighted by molar-refractivity contribution is 0.0214. The Hall–Kier alpha value is -1.95. The van der Waals surface area contributed by atoms with E-state index in [0.29, 0.717) is 0 Å². The number of anilines is 1. The summed E-state index contributed by atoms with van der Waals surface area (Å²) in [6.45, 7) is 1.68. The van der Waals surface area contributed by atoms with E-state index < -0.39 is 0 Å². The summed E-state index contributed by atoms with van der Waals surface area (Å²) in [6, 6.07) is 9.92. The van der Waals surface area contributed by atoms with Gasteiger partial charge in [-0.05, 0) is 41.8 Å². The summed E-state index contributed by atoms with van der Waals surface area (Å²) < 4.78 is 7.53. The van der Waals surface area contributed by atoms with Gasteiger partial charge in [0.2, 0.25) is 5.95 Å². The number of likely N-dealkylation sites (N-methyl/N-ethyl adjacent to an activating group) is 1. The van der Waals surface area contributed by atoms with Crippen molar-refractivity contribution in [2.24, 2.45) is 0 Å². The van der Waals surface area contributed by atoms with E-state index in [1.807, 2.05) is 37.4 Å². The molecule has 20 heavy (non-hydrogen) atoms. The molecule has 2 heterocycles. The van der Waals surface area contributed by atoms with Gasteiger partial charge in [0.15, 0.2) is 0 Å². The molecule has 0 amide bonds. The van der Waals surface area contributed by atoms with Crippen LogP contribution in [0.1, 0.15) is 19.3 Å². The molecule has 6 heteroatoms. The van der Waals surface area contributed by atoms with Crippen LogP contribution in [0.15, 0.2) is 30.3 Å². The van der Waals surface area contributed by atoms with Crippen LogP contribution in [0.4, 0.5) is 5.95 Å². The van der Waals surface area contributed by atoms with E-state index in [4.69, 9.17) is 4.74 Å². The number of rotatable bonds is 4. The van der Waals surface area contributed by atoms with E-state index in [9.17, 15) is 0 Å². The van der Waals surface area contributed by atoms with E-state index in [2.05, 4.69) is 20.4 Å². The topological polar surface area (TPSA) is 56.1 Å². The van der Waals surface area contributed by atoms with Crippen LogP contribution < -0.4 is 4.90 Å². The molecule has 0 saturated carbocycles. The molecule has 1 aliphatic rings. The van der Waals surface area contributed by atoms with Crippen LogP contribution >= 0.6 is 0 Å². The molecular formula is C14H19N5O. The molecule has 0 N–H and O–H groups in total. The van der Waals surface area contributed by atoms with Crippen molar-refractivity contribution in [3.05, 3.63) is 30.3 Å². The van der Waals surface area contributed by atoms with Gasteiger partial charge < -0.3 is 9.64 Å². The number of hydrogen-bond donors (Lipinski definition) is 0. The summed E-state index contributed by atoms with van der Waals surface area (Å²) in [6.07, 6.45) is 3.79. The molecule has 1 aromatic heterocycles. The minimum Gasteiger partial charge on any atom is -0.376 e. The van der Waals surface area contributed by atoms with Crippen LogP contribution in [0.5, 0.6) is 0 Å². The first-order valence-electron chi connectivity index (χ1n) is 7.01. The Kier molecular flexibility index (Phi) is 3.92. The van der Waals surface area contributed by atoms with Gasteiger partial charge in [-0.3, -0.25) is 0 Å². The average molecular weight is 273 g/mol. The molecule has 1 unspecified atom stereocenters. The van der Waals surface area contributed by atoms with Gasteiger partial charge in [0, 0.05) is 20.2 Å². The molecule has 6 nitrogen and oxygen atoms in total. The van der Waals surface area contributed by atoms with Crippen molar-refractivity contribution in [1.82, 2.24) is 20.2 Å². The molecule has 1 atom stereocenters. The first kappa shape index (κ1) is 13.1. The van der Waals surface area contributed by atoms with Gasteiger partial charge in [-0.15, -0.1) is 0 Å². The average Bonchev–Trinajstić information content (AvgIpc) is 2.99. The van der Waals surface area contributed by atoms with Crippen molar-refractivity contribution in [2.45, 2.75) is 25.4 Å². The SMILES string of the molecule is CN(CC1CCCCO1)c1nnnn1-c1ccccc1. The summed E-state index contributed by atoms with van der Waals surface area (Å²) in [5, 5.41) is 12.0. The van der Waals surface area contributed by atoms with Crippen molar-refractivity contribution in [3.63, 3.8) is 0 Å². The molecule has 0 spiro atoms. The maximum atomic E-state index is 5.77. The first-order valence-corrected chi connectivity index (χ1v) is 7.01. The van der Waals surface area contributed by atoms with Gasteiger partial charge in [0.05, 0.1) is 11.8 Å². The Morgan fingerprint density at radius 2 is 2.15 bits per heavy atom. The van der Waals surface area contributed by atoms with Crippen LogP contribution in [0, 0.1) is 0 Å². The summed E-state index contributed by atoms with van der Waals surface area (Å²) >= 11 is 0. The lowest BCUT2D eigenvalue weighted by Crippen LogP contribution is -2.34. The minimum absolute atomic E-state index is 0.273. The zero-order chi connectivity index (χ0) is 13.8. The van der Waals surface area contributed by atoms with Gasteiger partial charge in [-0.2, -0.15) is 4.68 Å². The first-order chi connectivity index (χ1) is 9.84. The highest BCUT2D eigenvalue weighted by atomic mass is 16.5. The summed E-state index contributed by atoms with van der Waals surface area (Å²) in [7, 11) is 2.00. The third-order valence-electron chi connectivity index (χ3n) is 3.55. The normalized spacial score (nSPS) is 18.9. The van der Waals surface area contributed by atoms with Gasteiger partial charge in [-0.25, -0.2) is 0 Å². The van der Waals surface area contributed by atoms with E-state index in [1.165, 1.54) is 12.8 Å². The van der Waals surface area contributed by atoms with Gasteiger partial charge in [0.1, 0.15) is 0 Å². The number of nitrogens with zero attached hydrogens (tertiary/aromatic N) is 5. The second-order valence-corrected chi connectivity index (χ2v) is 5.10. The monoisotopic (exact) mass is 273 g/mol. The Morgan fingerprint density at radius 3 is 2.90 bits per heavy atom. The third kappa shape index (κ3) is 2.80. The Morgan fingerprint density at radius 1 is 1.30 bits per heavy atom. The fourth-order valence-corrected chi connectivity index (χ4v) is 2.50. The smallest absolute Gasteiger partial charge is 0.250 e. The van der Waals surface area contributed by atoms with Crippen molar-refractivity contribution >= 4 is 5.95 Å². The fraction of sp³-hybridized carbons (Fsp3) is 0.500. The quantitative estimate of drug-likeness (QED) is 0.848. The van der Waals surface area contributed by atoms with E-state index in [1.54, 1.807) is 4.68 Å². The van der Waals surface area contributed by atoms with E-state index in [-0.39, 0.29) is 6.10 Å². The second kappa shape index (κ2) is 6.00. The molecule has 3 rings (SSSR count). The van der Waals surface area contributed by atoms with Crippen LogP contribution in [-0.4, -0.2) is 46.5 Å². The lowest BCUT2D eigenvalue weighted by atomic mass is 10.1. The summed E-state index contributed by atoms with van der Waals surface area (Å²) in [4.78, 5) is 2.06. The van der Waals surface area contributed by atoms with Gasteiger partial charge in [0.25, 0.3) is 0 Å². The number of para-hydroxylation sites is 1. The van der Waals surface area contributed by atoms with Crippen LogP contribution in [0.25, 0.3) is 5.69 Å². The largest absolute Gasteiger partial charge is 0.376 e. The summed E-state index contributed by atoms with van der Waals surface area (Å²) in [5.74, 6) is 0.741. The van der Waals surface area contributed by atoms with E-state index >= 15 is 0 Å². The molecule has 0 aliphatic carbocycles. The molecule has 0 bridgehead atoms. The number of tetrazole rings is 1. The maximum Gasteiger partial charge on any atom is 0.250 e. The number of aromatic nitrogens is 4. The minimum atomic E-state index is 0.273. The molecule has 0 radical (unpaired) electrons. The highest BCUT2D eigenvalue weighted by Crippen LogP contribution is 2.18. The fourth-order valence-electron chi connectivity index (χ4n) is 2.50. The third-order valence-corrected chi connectivity index (χ3v) is 3.55. The second-order valence-electron chi connectivity index (χ2n) is 5.10. The van der Waals surface area contributed by atoms with Crippen LogP contribution in [0.3, 0.4) is 0 Å². The van der Waals surface area contributed by atoms with Gasteiger partial charge in [-0.1, -0.05) is 23.3 Å². The van der Waals surface area contributed by atoms with Crippen molar-refractivity contribution in [3.8, 4) is 5.69 Å². The number of ether oxygens (including phenoxy) is 1. The van der Waals surface area contributed by atoms with Crippen molar-refractivity contribution < 1.29 is 4.74 Å². The lowest BCUT2D eigenvalue weighted by Gasteiger charge is -2.27. The molecule has 2 aromatic rings.